The van der Waals surface area contributed by atoms with Crippen LogP contribution in [0.1, 0.15) is 22.0 Å². The van der Waals surface area contributed by atoms with Gasteiger partial charge in [0.15, 0.2) is 0 Å². The fourth-order valence-corrected chi connectivity index (χ4v) is 2.77. The van der Waals surface area contributed by atoms with E-state index in [0.29, 0.717) is 19.8 Å². The van der Waals surface area contributed by atoms with Gasteiger partial charge in [0.25, 0.3) is 11.6 Å². The summed E-state index contributed by atoms with van der Waals surface area (Å²) < 4.78 is 5.50. The third kappa shape index (κ3) is 3.07. The average molecular weight is 312 g/mol. The Hall–Kier alpha value is -2.73. The lowest BCUT2D eigenvalue weighted by molar-refractivity contribution is -0.385. The topological polar surface area (TPSA) is 72.7 Å². The molecule has 0 radical (unpaired) electrons. The first kappa shape index (κ1) is 15.2. The molecule has 0 N–H and O–H groups in total. The summed E-state index contributed by atoms with van der Waals surface area (Å²) in [6.07, 6.45) is 0. The number of nitro groups is 1. The first-order valence-electron chi connectivity index (χ1n) is 7.35. The molecule has 0 aromatic heterocycles. The second-order valence-corrected chi connectivity index (χ2v) is 5.27. The molecule has 2 aromatic rings. The van der Waals surface area contributed by atoms with Crippen molar-refractivity contribution in [1.82, 2.24) is 4.90 Å². The maximum atomic E-state index is 12.9. The highest BCUT2D eigenvalue weighted by Crippen LogP contribution is 2.28. The van der Waals surface area contributed by atoms with Gasteiger partial charge in [0, 0.05) is 12.6 Å². The molecule has 0 spiro atoms. The molecule has 6 nitrogen and oxygen atoms in total. The van der Waals surface area contributed by atoms with Crippen LogP contribution in [0.3, 0.4) is 0 Å². The number of nitro benzene ring substituents is 1. The number of hydrogen-bond donors (Lipinski definition) is 0. The number of hydrogen-bond acceptors (Lipinski definition) is 4. The predicted molar refractivity (Wildman–Crippen MR) is 84.1 cm³/mol. The minimum absolute atomic E-state index is 0.111. The van der Waals surface area contributed by atoms with Gasteiger partial charge >= 0.3 is 0 Å². The van der Waals surface area contributed by atoms with Crippen LogP contribution in [0.15, 0.2) is 54.6 Å². The van der Waals surface area contributed by atoms with Crippen LogP contribution < -0.4 is 0 Å². The molecule has 0 saturated carbocycles. The van der Waals surface area contributed by atoms with E-state index in [1.54, 1.807) is 17.0 Å². The molecule has 1 fully saturated rings. The molecular formula is C17H16N2O4. The maximum Gasteiger partial charge on any atom is 0.282 e. The molecule has 0 aliphatic carbocycles. The van der Waals surface area contributed by atoms with Crippen LogP contribution in [0, 0.1) is 10.1 Å². The van der Waals surface area contributed by atoms with Crippen LogP contribution in [0.2, 0.25) is 0 Å². The number of carbonyl (C=O) groups excluding carboxylic acids is 1. The highest BCUT2D eigenvalue weighted by atomic mass is 16.6. The van der Waals surface area contributed by atoms with Crippen LogP contribution in [-0.2, 0) is 4.74 Å². The minimum atomic E-state index is -0.523. The molecule has 1 amide bonds. The highest BCUT2D eigenvalue weighted by molar-refractivity contribution is 5.98. The van der Waals surface area contributed by atoms with Gasteiger partial charge in [0.1, 0.15) is 5.56 Å². The molecule has 23 heavy (non-hydrogen) atoms. The number of morpholine rings is 1. The van der Waals surface area contributed by atoms with Gasteiger partial charge in [0.2, 0.25) is 0 Å². The second-order valence-electron chi connectivity index (χ2n) is 5.27. The lowest BCUT2D eigenvalue weighted by Crippen LogP contribution is -2.43. The van der Waals surface area contributed by atoms with Gasteiger partial charge in [-0.1, -0.05) is 42.5 Å². The van der Waals surface area contributed by atoms with Crippen LogP contribution in [0.5, 0.6) is 0 Å². The van der Waals surface area contributed by atoms with Crippen molar-refractivity contribution in [2.24, 2.45) is 0 Å². The minimum Gasteiger partial charge on any atom is -0.377 e. The lowest BCUT2D eigenvalue weighted by atomic mass is 10.0. The molecule has 1 aliphatic rings. The molecule has 0 bridgehead atoms. The van der Waals surface area contributed by atoms with E-state index in [9.17, 15) is 14.9 Å². The summed E-state index contributed by atoms with van der Waals surface area (Å²) in [5.74, 6) is -0.338. The standard InChI is InChI=1S/C17H16N2O4/c20-17(14-8-4-5-9-15(14)19(21)22)18-10-11-23-12-16(18)13-6-2-1-3-7-13/h1-9,16H,10-12H2. The summed E-state index contributed by atoms with van der Waals surface area (Å²) >= 11 is 0. The zero-order chi connectivity index (χ0) is 16.2. The van der Waals surface area contributed by atoms with E-state index in [2.05, 4.69) is 0 Å². The quantitative estimate of drug-likeness (QED) is 0.645. The monoisotopic (exact) mass is 312 g/mol. The molecule has 6 heteroatoms. The fraction of sp³-hybridized carbons (Fsp3) is 0.235. The highest BCUT2D eigenvalue weighted by Gasteiger charge is 2.32. The van der Waals surface area contributed by atoms with Gasteiger partial charge in [-0.2, -0.15) is 0 Å². The van der Waals surface area contributed by atoms with Crippen LogP contribution in [-0.4, -0.2) is 35.5 Å². The normalized spacial score (nSPS) is 17.7. The number of ether oxygens (including phenoxy) is 1. The van der Waals surface area contributed by atoms with Crippen LogP contribution in [0.25, 0.3) is 0 Å². The summed E-state index contributed by atoms with van der Waals surface area (Å²) in [4.78, 5) is 25.2. The largest absolute Gasteiger partial charge is 0.377 e. The van der Waals surface area contributed by atoms with Gasteiger partial charge in [-0.15, -0.1) is 0 Å². The molecule has 1 unspecified atom stereocenters. The van der Waals surface area contributed by atoms with Crippen molar-refractivity contribution in [1.29, 1.82) is 0 Å². The fourth-order valence-electron chi connectivity index (χ4n) is 2.77. The average Bonchev–Trinajstić information content (AvgIpc) is 2.62. The summed E-state index contributed by atoms with van der Waals surface area (Å²) in [5, 5.41) is 11.2. The van der Waals surface area contributed by atoms with Crippen molar-refractivity contribution in [3.05, 3.63) is 75.8 Å². The van der Waals surface area contributed by atoms with Gasteiger partial charge in [0.05, 0.1) is 24.2 Å². The van der Waals surface area contributed by atoms with Gasteiger partial charge in [-0.05, 0) is 11.6 Å². The van der Waals surface area contributed by atoms with E-state index in [0.717, 1.165) is 5.56 Å². The summed E-state index contributed by atoms with van der Waals surface area (Å²) in [6.45, 7) is 1.22. The molecule has 1 heterocycles. The maximum absolute atomic E-state index is 12.9. The van der Waals surface area contributed by atoms with Crippen molar-refractivity contribution >= 4 is 11.6 Å². The lowest BCUT2D eigenvalue weighted by Gasteiger charge is -2.35. The molecule has 1 atom stereocenters. The number of para-hydroxylation sites is 1. The van der Waals surface area contributed by atoms with Gasteiger partial charge in [-0.3, -0.25) is 14.9 Å². The molecule has 1 aliphatic heterocycles. The van der Waals surface area contributed by atoms with Crippen LogP contribution in [0.4, 0.5) is 5.69 Å². The Morgan fingerprint density at radius 2 is 1.83 bits per heavy atom. The Morgan fingerprint density at radius 3 is 2.57 bits per heavy atom. The Morgan fingerprint density at radius 1 is 1.13 bits per heavy atom. The number of rotatable bonds is 3. The molecule has 2 aromatic carbocycles. The Bertz CT molecular complexity index is 718. The van der Waals surface area contributed by atoms with E-state index < -0.39 is 4.92 Å². The van der Waals surface area contributed by atoms with Crippen molar-refractivity contribution in [3.8, 4) is 0 Å². The summed E-state index contributed by atoms with van der Waals surface area (Å²) in [6, 6.07) is 15.4. The summed E-state index contributed by atoms with van der Waals surface area (Å²) in [5.41, 5.74) is 0.898. The second kappa shape index (κ2) is 6.58. The molecular weight excluding hydrogens is 296 g/mol. The zero-order valence-electron chi connectivity index (χ0n) is 12.4. The van der Waals surface area contributed by atoms with E-state index in [4.69, 9.17) is 4.74 Å². The third-order valence-corrected chi connectivity index (χ3v) is 3.90. The third-order valence-electron chi connectivity index (χ3n) is 3.90. The number of benzene rings is 2. The van der Waals surface area contributed by atoms with Crippen molar-refractivity contribution < 1.29 is 14.5 Å². The number of carbonyl (C=O) groups is 1. The number of nitrogens with zero attached hydrogens (tertiary/aromatic N) is 2. The first-order valence-corrected chi connectivity index (χ1v) is 7.35. The first-order chi connectivity index (χ1) is 11.2. The van der Waals surface area contributed by atoms with Crippen molar-refractivity contribution in [2.45, 2.75) is 6.04 Å². The number of amides is 1. The van der Waals surface area contributed by atoms with Gasteiger partial charge < -0.3 is 9.64 Å². The van der Waals surface area contributed by atoms with Crippen LogP contribution >= 0.6 is 0 Å². The Labute approximate surface area is 133 Å². The predicted octanol–water partition coefficient (Wildman–Crippen LogP) is 2.81. The van der Waals surface area contributed by atoms with E-state index in [-0.39, 0.29) is 23.2 Å². The van der Waals surface area contributed by atoms with Gasteiger partial charge in [-0.25, -0.2) is 0 Å². The smallest absolute Gasteiger partial charge is 0.282 e. The Kier molecular flexibility index (Phi) is 4.34. The molecule has 118 valence electrons. The van der Waals surface area contributed by atoms with E-state index in [1.165, 1.54) is 12.1 Å². The molecule has 3 rings (SSSR count). The van der Waals surface area contributed by atoms with Crippen molar-refractivity contribution in [3.63, 3.8) is 0 Å². The van der Waals surface area contributed by atoms with E-state index in [1.807, 2.05) is 30.3 Å². The Balaban J connectivity index is 1.95. The van der Waals surface area contributed by atoms with E-state index >= 15 is 0 Å². The molecule has 1 saturated heterocycles. The zero-order valence-corrected chi connectivity index (χ0v) is 12.4. The SMILES string of the molecule is O=C(c1ccccc1[N+](=O)[O-])N1CCOCC1c1ccccc1. The summed E-state index contributed by atoms with van der Waals surface area (Å²) in [7, 11) is 0. The van der Waals surface area contributed by atoms with Crippen molar-refractivity contribution in [2.75, 3.05) is 19.8 Å².